The standard InChI is InChI=1S/C15H19FN2O4/c1-20-9-13(19)18-7-8-21-14-11(18)4-5-12(14)22-15-10(16)3-2-6-17-15/h2-3,6,11-12,14H,4-5,7-9H2,1H3/t11-,12-,14+/m0/s1. The van der Waals surface area contributed by atoms with E-state index in [1.807, 2.05) is 0 Å². The third kappa shape index (κ3) is 2.91. The largest absolute Gasteiger partial charge is 0.469 e. The molecule has 1 saturated heterocycles. The summed E-state index contributed by atoms with van der Waals surface area (Å²) in [4.78, 5) is 17.8. The first-order chi connectivity index (χ1) is 10.7. The van der Waals surface area contributed by atoms with E-state index in [0.717, 1.165) is 6.42 Å². The normalized spacial score (nSPS) is 27.5. The molecule has 120 valence electrons. The molecule has 1 saturated carbocycles. The number of nitrogens with zero attached hydrogens (tertiary/aromatic N) is 2. The van der Waals surface area contributed by atoms with Crippen molar-refractivity contribution >= 4 is 5.91 Å². The van der Waals surface area contributed by atoms with Gasteiger partial charge in [0.2, 0.25) is 5.91 Å². The quantitative estimate of drug-likeness (QED) is 0.830. The van der Waals surface area contributed by atoms with E-state index >= 15 is 0 Å². The smallest absolute Gasteiger partial charge is 0.250 e. The Bertz CT molecular complexity index is 542. The highest BCUT2D eigenvalue weighted by Crippen LogP contribution is 2.33. The Balaban J connectivity index is 1.70. The monoisotopic (exact) mass is 310 g/mol. The van der Waals surface area contributed by atoms with Crippen LogP contribution in [0.25, 0.3) is 0 Å². The molecule has 0 bridgehead atoms. The van der Waals surface area contributed by atoms with Gasteiger partial charge < -0.3 is 19.1 Å². The van der Waals surface area contributed by atoms with Crippen LogP contribution in [0.2, 0.25) is 0 Å². The summed E-state index contributed by atoms with van der Waals surface area (Å²) < 4.78 is 30.0. The number of methoxy groups -OCH3 is 1. The maximum absolute atomic E-state index is 13.7. The summed E-state index contributed by atoms with van der Waals surface area (Å²) in [5.74, 6) is -0.559. The number of fused-ring (bicyclic) bond motifs is 1. The number of amides is 1. The van der Waals surface area contributed by atoms with Gasteiger partial charge in [0.05, 0.1) is 12.6 Å². The van der Waals surface area contributed by atoms with Crippen LogP contribution >= 0.6 is 0 Å². The molecule has 1 amide bonds. The Morgan fingerprint density at radius 1 is 1.55 bits per heavy atom. The summed E-state index contributed by atoms with van der Waals surface area (Å²) in [6, 6.07) is 2.78. The first-order valence-electron chi connectivity index (χ1n) is 7.38. The SMILES string of the molecule is COCC(=O)N1CCO[C@H]2[C@@H](Oc3ncccc3F)CC[C@@H]21. The van der Waals surface area contributed by atoms with E-state index in [-0.39, 0.29) is 36.6 Å². The van der Waals surface area contributed by atoms with E-state index < -0.39 is 5.82 Å². The highest BCUT2D eigenvalue weighted by atomic mass is 19.1. The number of aromatic nitrogens is 1. The average Bonchev–Trinajstić information content (AvgIpc) is 2.93. The van der Waals surface area contributed by atoms with Crippen molar-refractivity contribution in [2.45, 2.75) is 31.1 Å². The van der Waals surface area contributed by atoms with Gasteiger partial charge >= 0.3 is 0 Å². The van der Waals surface area contributed by atoms with Crippen LogP contribution in [0.4, 0.5) is 4.39 Å². The molecule has 0 spiro atoms. The fourth-order valence-electron chi connectivity index (χ4n) is 3.16. The van der Waals surface area contributed by atoms with Crippen molar-refractivity contribution in [1.82, 2.24) is 9.88 Å². The summed E-state index contributed by atoms with van der Waals surface area (Å²) in [5.41, 5.74) is 0. The second-order valence-corrected chi connectivity index (χ2v) is 5.45. The molecule has 2 aliphatic rings. The van der Waals surface area contributed by atoms with Crippen LogP contribution in [0.5, 0.6) is 5.88 Å². The molecule has 2 fully saturated rings. The van der Waals surface area contributed by atoms with Crippen LogP contribution in [-0.4, -0.2) is 60.9 Å². The van der Waals surface area contributed by atoms with E-state index in [1.165, 1.54) is 25.4 Å². The summed E-state index contributed by atoms with van der Waals surface area (Å²) in [7, 11) is 1.50. The average molecular weight is 310 g/mol. The summed E-state index contributed by atoms with van der Waals surface area (Å²) in [6.07, 6.45) is 2.39. The minimum atomic E-state index is -0.492. The number of morpholine rings is 1. The molecule has 0 radical (unpaired) electrons. The van der Waals surface area contributed by atoms with E-state index in [4.69, 9.17) is 14.2 Å². The number of ether oxygens (including phenoxy) is 3. The minimum Gasteiger partial charge on any atom is -0.469 e. The van der Waals surface area contributed by atoms with Crippen LogP contribution in [0.3, 0.4) is 0 Å². The van der Waals surface area contributed by atoms with Gasteiger partial charge in [0.15, 0.2) is 5.82 Å². The zero-order valence-corrected chi connectivity index (χ0v) is 12.4. The lowest BCUT2D eigenvalue weighted by atomic mass is 10.1. The molecular weight excluding hydrogens is 291 g/mol. The number of rotatable bonds is 4. The third-order valence-corrected chi connectivity index (χ3v) is 4.11. The van der Waals surface area contributed by atoms with Crippen molar-refractivity contribution in [1.29, 1.82) is 0 Å². The Kier molecular flexibility index (Phi) is 4.54. The molecule has 1 aliphatic heterocycles. The van der Waals surface area contributed by atoms with Gasteiger partial charge in [0, 0.05) is 19.9 Å². The molecule has 1 aliphatic carbocycles. The van der Waals surface area contributed by atoms with Crippen molar-refractivity contribution in [2.75, 3.05) is 26.9 Å². The molecule has 0 unspecified atom stereocenters. The second-order valence-electron chi connectivity index (χ2n) is 5.45. The zero-order valence-electron chi connectivity index (χ0n) is 12.4. The molecule has 1 aromatic heterocycles. The van der Waals surface area contributed by atoms with Gasteiger partial charge in [-0.1, -0.05) is 0 Å². The zero-order chi connectivity index (χ0) is 15.5. The van der Waals surface area contributed by atoms with Crippen LogP contribution in [-0.2, 0) is 14.3 Å². The van der Waals surface area contributed by atoms with Crippen molar-refractivity contribution < 1.29 is 23.4 Å². The second kappa shape index (κ2) is 6.58. The molecule has 0 N–H and O–H groups in total. The molecule has 3 atom stereocenters. The van der Waals surface area contributed by atoms with Crippen LogP contribution in [0.1, 0.15) is 12.8 Å². The number of pyridine rings is 1. The van der Waals surface area contributed by atoms with Crippen molar-refractivity contribution in [3.63, 3.8) is 0 Å². The molecule has 2 heterocycles. The van der Waals surface area contributed by atoms with Crippen LogP contribution in [0, 0.1) is 5.82 Å². The number of hydrogen-bond acceptors (Lipinski definition) is 5. The number of carbonyl (C=O) groups is 1. The van der Waals surface area contributed by atoms with E-state index in [2.05, 4.69) is 4.98 Å². The molecule has 0 aromatic carbocycles. The molecular formula is C15H19FN2O4. The van der Waals surface area contributed by atoms with Crippen LogP contribution in [0.15, 0.2) is 18.3 Å². The summed E-state index contributed by atoms with van der Waals surface area (Å²) >= 11 is 0. The maximum atomic E-state index is 13.7. The number of hydrogen-bond donors (Lipinski definition) is 0. The van der Waals surface area contributed by atoms with Gasteiger partial charge in [0.25, 0.3) is 5.88 Å². The van der Waals surface area contributed by atoms with E-state index in [9.17, 15) is 9.18 Å². The van der Waals surface area contributed by atoms with Gasteiger partial charge in [-0.25, -0.2) is 9.37 Å². The fourth-order valence-corrected chi connectivity index (χ4v) is 3.16. The van der Waals surface area contributed by atoms with E-state index in [1.54, 1.807) is 4.90 Å². The lowest BCUT2D eigenvalue weighted by molar-refractivity contribution is -0.151. The Morgan fingerprint density at radius 2 is 2.41 bits per heavy atom. The first kappa shape index (κ1) is 15.2. The van der Waals surface area contributed by atoms with Gasteiger partial charge in [-0.05, 0) is 25.0 Å². The minimum absolute atomic E-state index is 0.0166. The fraction of sp³-hybridized carbons (Fsp3) is 0.600. The first-order valence-corrected chi connectivity index (χ1v) is 7.38. The van der Waals surface area contributed by atoms with Gasteiger partial charge in [0.1, 0.15) is 18.8 Å². The molecule has 7 heteroatoms. The maximum Gasteiger partial charge on any atom is 0.250 e. The third-order valence-electron chi connectivity index (χ3n) is 4.11. The molecule has 3 rings (SSSR count). The molecule has 1 aromatic rings. The van der Waals surface area contributed by atoms with Crippen molar-refractivity contribution in [3.05, 3.63) is 24.1 Å². The van der Waals surface area contributed by atoms with Gasteiger partial charge in [-0.3, -0.25) is 4.79 Å². The Morgan fingerprint density at radius 3 is 3.18 bits per heavy atom. The highest BCUT2D eigenvalue weighted by molar-refractivity contribution is 5.78. The lowest BCUT2D eigenvalue weighted by Gasteiger charge is -2.38. The highest BCUT2D eigenvalue weighted by Gasteiger charge is 2.45. The number of carbonyl (C=O) groups excluding carboxylic acids is 1. The van der Waals surface area contributed by atoms with Crippen molar-refractivity contribution in [3.8, 4) is 5.88 Å². The van der Waals surface area contributed by atoms with Crippen molar-refractivity contribution in [2.24, 2.45) is 0 Å². The van der Waals surface area contributed by atoms with Crippen LogP contribution < -0.4 is 4.74 Å². The Labute approximate surface area is 128 Å². The topological polar surface area (TPSA) is 60.9 Å². The Hall–Kier alpha value is -1.73. The predicted octanol–water partition coefficient (Wildman–Crippen LogP) is 1.00. The summed E-state index contributed by atoms with van der Waals surface area (Å²) in [6.45, 7) is 1.05. The predicted molar refractivity (Wildman–Crippen MR) is 75.0 cm³/mol. The molecule has 22 heavy (non-hydrogen) atoms. The lowest BCUT2D eigenvalue weighted by Crippen LogP contribution is -2.55. The summed E-state index contributed by atoms with van der Waals surface area (Å²) in [5, 5.41) is 0. The van der Waals surface area contributed by atoms with Gasteiger partial charge in [-0.2, -0.15) is 0 Å². The van der Waals surface area contributed by atoms with E-state index in [0.29, 0.717) is 19.6 Å². The number of halogens is 1. The van der Waals surface area contributed by atoms with Gasteiger partial charge in [-0.15, -0.1) is 0 Å². The molecule has 6 nitrogen and oxygen atoms in total.